The fourth-order valence-electron chi connectivity index (χ4n) is 2.59. The molecular weight excluding hydrogens is 374 g/mol. The van der Waals surface area contributed by atoms with Crippen LogP contribution in [0.1, 0.15) is 20.7 Å². The molecule has 0 aromatic heterocycles. The molecule has 3 rings (SSSR count). The lowest BCUT2D eigenvalue weighted by Crippen LogP contribution is -2.14. The van der Waals surface area contributed by atoms with Crippen LogP contribution in [0.5, 0.6) is 0 Å². The fourth-order valence-corrected chi connectivity index (χ4v) is 2.78. The van der Waals surface area contributed by atoms with E-state index < -0.39 is 0 Å². The normalized spacial score (nSPS) is 10.2. The molecule has 0 atom stereocenters. The molecule has 0 saturated carbocycles. The molecule has 0 aliphatic rings. The van der Waals surface area contributed by atoms with Gasteiger partial charge in [-0.25, -0.2) is 0 Å². The van der Waals surface area contributed by atoms with Crippen LogP contribution in [-0.4, -0.2) is 25.9 Å². The molecule has 0 saturated heterocycles. The van der Waals surface area contributed by atoms with E-state index in [1.807, 2.05) is 43.3 Å². The zero-order chi connectivity index (χ0) is 20.1. The van der Waals surface area contributed by atoms with E-state index in [1.165, 1.54) is 0 Å². The molecule has 0 aliphatic heterocycles. The molecule has 0 fully saturated rings. The SMILES string of the molecule is CN(C)c1ccc(NC(=O)c2ccc(C(=O)Nc3cccc(Cl)c3)cc2)cc1. The van der Waals surface area contributed by atoms with Crippen LogP contribution in [0.2, 0.25) is 5.02 Å². The first-order valence-electron chi connectivity index (χ1n) is 8.68. The van der Waals surface area contributed by atoms with Crippen molar-refractivity contribution in [3.8, 4) is 0 Å². The maximum atomic E-state index is 12.4. The first kappa shape index (κ1) is 19.5. The van der Waals surface area contributed by atoms with Crippen molar-refractivity contribution in [2.75, 3.05) is 29.6 Å². The van der Waals surface area contributed by atoms with Gasteiger partial charge in [-0.1, -0.05) is 17.7 Å². The van der Waals surface area contributed by atoms with Gasteiger partial charge in [-0.3, -0.25) is 9.59 Å². The van der Waals surface area contributed by atoms with Crippen LogP contribution in [-0.2, 0) is 0 Å². The van der Waals surface area contributed by atoms with Gasteiger partial charge < -0.3 is 15.5 Å². The summed E-state index contributed by atoms with van der Waals surface area (Å²) >= 11 is 5.92. The van der Waals surface area contributed by atoms with Crippen LogP contribution in [0.15, 0.2) is 72.8 Å². The van der Waals surface area contributed by atoms with E-state index in [9.17, 15) is 9.59 Å². The number of carbonyl (C=O) groups excluding carboxylic acids is 2. The van der Waals surface area contributed by atoms with Crippen LogP contribution >= 0.6 is 11.6 Å². The minimum atomic E-state index is -0.270. The highest BCUT2D eigenvalue weighted by Crippen LogP contribution is 2.18. The Morgan fingerprint density at radius 2 is 1.29 bits per heavy atom. The number of hydrogen-bond acceptors (Lipinski definition) is 3. The van der Waals surface area contributed by atoms with Crippen LogP contribution < -0.4 is 15.5 Å². The molecule has 5 nitrogen and oxygen atoms in total. The van der Waals surface area contributed by atoms with Crippen LogP contribution in [0, 0.1) is 0 Å². The van der Waals surface area contributed by atoms with Crippen molar-refractivity contribution >= 4 is 40.5 Å². The molecule has 2 N–H and O–H groups in total. The van der Waals surface area contributed by atoms with Gasteiger partial charge in [0, 0.05) is 47.3 Å². The summed E-state index contributed by atoms with van der Waals surface area (Å²) in [5.41, 5.74) is 3.29. The highest BCUT2D eigenvalue weighted by molar-refractivity contribution is 6.31. The van der Waals surface area contributed by atoms with Crippen LogP contribution in [0.3, 0.4) is 0 Å². The minimum absolute atomic E-state index is 0.237. The highest BCUT2D eigenvalue weighted by atomic mass is 35.5. The fraction of sp³-hybridized carbons (Fsp3) is 0.0909. The van der Waals surface area contributed by atoms with E-state index in [0.717, 1.165) is 5.69 Å². The zero-order valence-corrected chi connectivity index (χ0v) is 16.3. The highest BCUT2D eigenvalue weighted by Gasteiger charge is 2.10. The summed E-state index contributed by atoms with van der Waals surface area (Å²) in [4.78, 5) is 26.7. The number of amides is 2. The second-order valence-electron chi connectivity index (χ2n) is 6.44. The summed E-state index contributed by atoms with van der Waals surface area (Å²) < 4.78 is 0. The molecule has 2 amide bonds. The molecule has 6 heteroatoms. The minimum Gasteiger partial charge on any atom is -0.378 e. The van der Waals surface area contributed by atoms with E-state index in [1.54, 1.807) is 48.5 Å². The molecule has 28 heavy (non-hydrogen) atoms. The van der Waals surface area contributed by atoms with Crippen LogP contribution in [0.4, 0.5) is 17.1 Å². The third kappa shape index (κ3) is 4.90. The Morgan fingerprint density at radius 1 is 0.750 bits per heavy atom. The first-order valence-corrected chi connectivity index (χ1v) is 9.06. The summed E-state index contributed by atoms with van der Waals surface area (Å²) in [6.45, 7) is 0. The van der Waals surface area contributed by atoms with Crippen molar-refractivity contribution in [3.63, 3.8) is 0 Å². The molecule has 0 unspecified atom stereocenters. The molecule has 0 radical (unpaired) electrons. The van der Waals surface area contributed by atoms with Gasteiger partial charge in [0.15, 0.2) is 0 Å². The van der Waals surface area contributed by atoms with Crippen molar-refractivity contribution in [2.45, 2.75) is 0 Å². The van der Waals surface area contributed by atoms with Gasteiger partial charge in [0.25, 0.3) is 11.8 Å². The number of halogens is 1. The molecular formula is C22H20ClN3O2. The Kier molecular flexibility index (Phi) is 5.96. The molecule has 142 valence electrons. The Balaban J connectivity index is 1.64. The smallest absolute Gasteiger partial charge is 0.255 e. The predicted octanol–water partition coefficient (Wildman–Crippen LogP) is 4.91. The molecule has 0 aliphatic carbocycles. The lowest BCUT2D eigenvalue weighted by molar-refractivity contribution is 0.101. The van der Waals surface area contributed by atoms with Crippen molar-refractivity contribution in [3.05, 3.63) is 88.9 Å². The summed E-state index contributed by atoms with van der Waals surface area (Å²) in [5, 5.41) is 6.17. The van der Waals surface area contributed by atoms with Crippen molar-refractivity contribution in [1.29, 1.82) is 0 Å². The first-order chi connectivity index (χ1) is 13.4. The van der Waals surface area contributed by atoms with Gasteiger partial charge >= 0.3 is 0 Å². The number of anilines is 3. The molecule has 0 spiro atoms. The zero-order valence-electron chi connectivity index (χ0n) is 15.6. The number of rotatable bonds is 5. The van der Waals surface area contributed by atoms with Gasteiger partial charge in [-0.2, -0.15) is 0 Å². The standard InChI is InChI=1S/C22H20ClN3O2/c1-26(2)20-12-10-18(11-13-20)24-21(27)15-6-8-16(9-7-15)22(28)25-19-5-3-4-17(23)14-19/h3-14H,1-2H3,(H,24,27)(H,25,28). The summed E-state index contributed by atoms with van der Waals surface area (Å²) in [6.07, 6.45) is 0. The molecule has 3 aromatic rings. The summed E-state index contributed by atoms with van der Waals surface area (Å²) in [6, 6.07) is 20.9. The Bertz CT molecular complexity index is 983. The molecule has 0 bridgehead atoms. The number of carbonyl (C=O) groups is 2. The van der Waals surface area contributed by atoms with Crippen LogP contribution in [0.25, 0.3) is 0 Å². The predicted molar refractivity (Wildman–Crippen MR) is 115 cm³/mol. The Hall–Kier alpha value is -3.31. The summed E-state index contributed by atoms with van der Waals surface area (Å²) in [7, 11) is 3.91. The van der Waals surface area contributed by atoms with Gasteiger partial charge in [0.2, 0.25) is 0 Å². The van der Waals surface area contributed by atoms with E-state index in [2.05, 4.69) is 10.6 Å². The van der Waals surface area contributed by atoms with E-state index in [4.69, 9.17) is 11.6 Å². The average Bonchev–Trinajstić information content (AvgIpc) is 2.68. The lowest BCUT2D eigenvalue weighted by atomic mass is 10.1. The van der Waals surface area contributed by atoms with E-state index in [-0.39, 0.29) is 11.8 Å². The van der Waals surface area contributed by atoms with Gasteiger partial charge in [-0.15, -0.1) is 0 Å². The quantitative estimate of drug-likeness (QED) is 0.647. The number of nitrogens with zero attached hydrogens (tertiary/aromatic N) is 1. The third-order valence-electron chi connectivity index (χ3n) is 4.13. The number of benzene rings is 3. The maximum absolute atomic E-state index is 12.4. The number of hydrogen-bond donors (Lipinski definition) is 2. The van der Waals surface area contributed by atoms with E-state index in [0.29, 0.717) is 27.5 Å². The topological polar surface area (TPSA) is 61.4 Å². The van der Waals surface area contributed by atoms with Gasteiger partial charge in [0.1, 0.15) is 0 Å². The molecule has 3 aromatic carbocycles. The molecule has 0 heterocycles. The monoisotopic (exact) mass is 393 g/mol. The maximum Gasteiger partial charge on any atom is 0.255 e. The lowest BCUT2D eigenvalue weighted by Gasteiger charge is -2.13. The summed E-state index contributed by atoms with van der Waals surface area (Å²) in [5.74, 6) is -0.507. The number of nitrogens with one attached hydrogen (secondary N) is 2. The van der Waals surface area contributed by atoms with Crippen molar-refractivity contribution < 1.29 is 9.59 Å². The largest absolute Gasteiger partial charge is 0.378 e. The second-order valence-corrected chi connectivity index (χ2v) is 6.87. The third-order valence-corrected chi connectivity index (χ3v) is 4.37. The van der Waals surface area contributed by atoms with Crippen molar-refractivity contribution in [1.82, 2.24) is 0 Å². The van der Waals surface area contributed by atoms with Gasteiger partial charge in [-0.05, 0) is 66.7 Å². The van der Waals surface area contributed by atoms with Crippen molar-refractivity contribution in [2.24, 2.45) is 0 Å². The van der Waals surface area contributed by atoms with E-state index >= 15 is 0 Å². The Labute approximate surface area is 168 Å². The van der Waals surface area contributed by atoms with Gasteiger partial charge in [0.05, 0.1) is 0 Å². The average molecular weight is 394 g/mol. The second kappa shape index (κ2) is 8.59. The Morgan fingerprint density at radius 3 is 1.79 bits per heavy atom.